The fourth-order valence-corrected chi connectivity index (χ4v) is 1.46. The number of pyridine rings is 1. The molecule has 1 rings (SSSR count). The lowest BCUT2D eigenvalue weighted by Crippen LogP contribution is -2.09. The lowest BCUT2D eigenvalue weighted by Gasteiger charge is -2.08. The predicted molar refractivity (Wildman–Crippen MR) is 50.4 cm³/mol. The molecule has 82 valence electrons. The van der Waals surface area contributed by atoms with Crippen molar-refractivity contribution in [2.24, 2.45) is 0 Å². The fourth-order valence-electron chi connectivity index (χ4n) is 1.27. The van der Waals surface area contributed by atoms with Crippen molar-refractivity contribution < 1.29 is 18.7 Å². The molecule has 1 aromatic rings. The van der Waals surface area contributed by atoms with Crippen LogP contribution in [0.2, 0.25) is 0 Å². The van der Waals surface area contributed by atoms with Crippen LogP contribution in [0.3, 0.4) is 0 Å². The van der Waals surface area contributed by atoms with Gasteiger partial charge in [-0.15, -0.1) is 11.6 Å². The van der Waals surface area contributed by atoms with Crippen molar-refractivity contribution in [2.75, 3.05) is 0 Å². The zero-order chi connectivity index (χ0) is 11.6. The third kappa shape index (κ3) is 2.41. The van der Waals surface area contributed by atoms with Gasteiger partial charge < -0.3 is 5.11 Å². The molecule has 0 unspecified atom stereocenters. The Labute approximate surface area is 89.7 Å². The highest BCUT2D eigenvalue weighted by molar-refractivity contribution is 6.17. The number of aryl methyl sites for hydroxylation is 1. The molecule has 1 aromatic heterocycles. The van der Waals surface area contributed by atoms with Gasteiger partial charge in [0.05, 0.1) is 17.1 Å². The first-order valence-corrected chi connectivity index (χ1v) is 4.58. The van der Waals surface area contributed by atoms with Gasteiger partial charge in [-0.05, 0) is 18.6 Å². The molecule has 6 heteroatoms. The van der Waals surface area contributed by atoms with Crippen LogP contribution in [0.15, 0.2) is 6.07 Å². The largest absolute Gasteiger partial charge is 0.478 e. The molecule has 0 saturated carbocycles. The number of alkyl halides is 3. The summed E-state index contributed by atoms with van der Waals surface area (Å²) in [4.78, 5) is 14.3. The molecule has 15 heavy (non-hydrogen) atoms. The average Bonchev–Trinajstić information content (AvgIpc) is 2.15. The van der Waals surface area contributed by atoms with Crippen molar-refractivity contribution in [2.45, 2.75) is 19.2 Å². The van der Waals surface area contributed by atoms with Gasteiger partial charge in [-0.2, -0.15) is 0 Å². The van der Waals surface area contributed by atoms with Crippen molar-refractivity contribution in [3.63, 3.8) is 0 Å². The Morgan fingerprint density at radius 2 is 2.27 bits per heavy atom. The molecule has 3 nitrogen and oxygen atoms in total. The summed E-state index contributed by atoms with van der Waals surface area (Å²) in [5.41, 5.74) is -0.342. The van der Waals surface area contributed by atoms with Gasteiger partial charge >= 0.3 is 5.97 Å². The number of halogens is 3. The Morgan fingerprint density at radius 3 is 2.67 bits per heavy atom. The summed E-state index contributed by atoms with van der Waals surface area (Å²) in [6.45, 7) is 1.44. The van der Waals surface area contributed by atoms with E-state index in [4.69, 9.17) is 16.7 Å². The number of carboxylic acids is 1. The summed E-state index contributed by atoms with van der Waals surface area (Å²) < 4.78 is 24.7. The van der Waals surface area contributed by atoms with Gasteiger partial charge in [0.1, 0.15) is 5.69 Å². The summed E-state index contributed by atoms with van der Waals surface area (Å²) in [5, 5.41) is 8.82. The molecule has 0 aliphatic rings. The van der Waals surface area contributed by atoms with Gasteiger partial charge in [-0.25, -0.2) is 18.6 Å². The minimum absolute atomic E-state index is 0.0283. The van der Waals surface area contributed by atoms with E-state index in [1.807, 2.05) is 0 Å². The lowest BCUT2D eigenvalue weighted by molar-refractivity contribution is 0.0693. The Balaban J connectivity index is 3.37. The van der Waals surface area contributed by atoms with E-state index >= 15 is 0 Å². The highest BCUT2D eigenvalue weighted by Gasteiger charge is 2.18. The standard InChI is InChI=1S/C9H8ClF2NO2/c1-4-2-5(8(11)12)13-6(3-10)7(4)9(14)15/h2,8H,3H2,1H3,(H,14,15). The molecule has 1 N–H and O–H groups in total. The third-order valence-electron chi connectivity index (χ3n) is 1.88. The average molecular weight is 236 g/mol. The van der Waals surface area contributed by atoms with Gasteiger partial charge in [-0.1, -0.05) is 0 Å². The smallest absolute Gasteiger partial charge is 0.337 e. The minimum Gasteiger partial charge on any atom is -0.478 e. The first-order valence-electron chi connectivity index (χ1n) is 4.05. The molecule has 0 aromatic carbocycles. The molecule has 1 heterocycles. The number of hydrogen-bond donors (Lipinski definition) is 1. The number of hydrogen-bond acceptors (Lipinski definition) is 2. The molecule has 0 fully saturated rings. The summed E-state index contributed by atoms with van der Waals surface area (Å²) >= 11 is 5.45. The summed E-state index contributed by atoms with van der Waals surface area (Å²) in [6.07, 6.45) is -2.73. The quantitative estimate of drug-likeness (QED) is 0.820. The second-order valence-corrected chi connectivity index (χ2v) is 3.19. The van der Waals surface area contributed by atoms with Crippen LogP contribution in [0.4, 0.5) is 8.78 Å². The Bertz CT molecular complexity index is 396. The van der Waals surface area contributed by atoms with Gasteiger partial charge in [0, 0.05) is 0 Å². The SMILES string of the molecule is Cc1cc(C(F)F)nc(CCl)c1C(=O)O. The number of rotatable bonds is 3. The molecule has 0 spiro atoms. The van der Waals surface area contributed by atoms with E-state index in [-0.39, 0.29) is 22.7 Å². The van der Waals surface area contributed by atoms with Crippen molar-refractivity contribution in [3.8, 4) is 0 Å². The molecule has 0 radical (unpaired) electrons. The van der Waals surface area contributed by atoms with Crippen molar-refractivity contribution >= 4 is 17.6 Å². The van der Waals surface area contributed by atoms with Crippen LogP contribution < -0.4 is 0 Å². The molecule has 0 aliphatic heterocycles. The van der Waals surface area contributed by atoms with E-state index in [2.05, 4.69) is 4.98 Å². The van der Waals surface area contributed by atoms with E-state index in [0.717, 1.165) is 6.07 Å². The molecule has 0 saturated heterocycles. The second-order valence-electron chi connectivity index (χ2n) is 2.93. The Kier molecular flexibility index (Phi) is 3.57. The number of nitrogens with zero attached hydrogens (tertiary/aromatic N) is 1. The topological polar surface area (TPSA) is 50.2 Å². The maximum absolute atomic E-state index is 12.3. The molecule has 0 amide bonds. The zero-order valence-corrected chi connectivity index (χ0v) is 8.55. The van der Waals surface area contributed by atoms with Gasteiger partial charge in [-0.3, -0.25) is 0 Å². The Hall–Kier alpha value is -1.23. The molecule has 0 atom stereocenters. The van der Waals surface area contributed by atoms with Crippen LogP contribution in [0.5, 0.6) is 0 Å². The molecular formula is C9H8ClF2NO2. The van der Waals surface area contributed by atoms with Crippen LogP contribution in [0, 0.1) is 6.92 Å². The van der Waals surface area contributed by atoms with Crippen LogP contribution >= 0.6 is 11.6 Å². The maximum Gasteiger partial charge on any atom is 0.337 e. The van der Waals surface area contributed by atoms with Crippen LogP contribution in [-0.4, -0.2) is 16.1 Å². The summed E-state index contributed by atoms with van der Waals surface area (Å²) in [5.74, 6) is -1.42. The van der Waals surface area contributed by atoms with E-state index in [0.29, 0.717) is 0 Å². The fraction of sp³-hybridized carbons (Fsp3) is 0.333. The number of aromatic carboxylic acids is 1. The summed E-state index contributed by atoms with van der Waals surface area (Å²) in [7, 11) is 0. The second kappa shape index (κ2) is 4.53. The minimum atomic E-state index is -2.73. The maximum atomic E-state index is 12.3. The van der Waals surface area contributed by atoms with Gasteiger partial charge in [0.15, 0.2) is 0 Å². The number of carboxylic acid groups (broad SMARTS) is 1. The van der Waals surface area contributed by atoms with E-state index in [1.54, 1.807) is 0 Å². The zero-order valence-electron chi connectivity index (χ0n) is 7.80. The Morgan fingerprint density at radius 1 is 1.67 bits per heavy atom. The first-order chi connectivity index (χ1) is 6.97. The molecule has 0 bridgehead atoms. The summed E-state index contributed by atoms with van der Waals surface area (Å²) in [6, 6.07) is 1.06. The normalized spacial score (nSPS) is 10.7. The predicted octanol–water partition coefficient (Wildman–Crippen LogP) is 2.76. The lowest BCUT2D eigenvalue weighted by atomic mass is 10.1. The van der Waals surface area contributed by atoms with E-state index < -0.39 is 18.1 Å². The third-order valence-corrected chi connectivity index (χ3v) is 2.13. The van der Waals surface area contributed by atoms with Crippen LogP contribution in [-0.2, 0) is 5.88 Å². The van der Waals surface area contributed by atoms with Crippen LogP contribution in [0.1, 0.15) is 33.7 Å². The van der Waals surface area contributed by atoms with Crippen molar-refractivity contribution in [3.05, 3.63) is 28.6 Å². The van der Waals surface area contributed by atoms with Crippen molar-refractivity contribution in [1.29, 1.82) is 0 Å². The number of carbonyl (C=O) groups is 1. The highest BCUT2D eigenvalue weighted by atomic mass is 35.5. The number of aromatic nitrogens is 1. The van der Waals surface area contributed by atoms with Crippen molar-refractivity contribution in [1.82, 2.24) is 4.98 Å². The van der Waals surface area contributed by atoms with Gasteiger partial charge in [0.2, 0.25) is 0 Å². The van der Waals surface area contributed by atoms with E-state index in [9.17, 15) is 13.6 Å². The monoisotopic (exact) mass is 235 g/mol. The van der Waals surface area contributed by atoms with Gasteiger partial charge in [0.25, 0.3) is 6.43 Å². The van der Waals surface area contributed by atoms with E-state index in [1.165, 1.54) is 6.92 Å². The first kappa shape index (κ1) is 11.8. The highest BCUT2D eigenvalue weighted by Crippen LogP contribution is 2.22. The van der Waals surface area contributed by atoms with Crippen LogP contribution in [0.25, 0.3) is 0 Å². The molecule has 0 aliphatic carbocycles. The molecular weight excluding hydrogens is 228 g/mol.